The molecule has 3 heterocycles. The molecule has 0 spiro atoms. The van der Waals surface area contributed by atoms with E-state index < -0.39 is 6.04 Å². The van der Waals surface area contributed by atoms with Crippen LogP contribution in [0.5, 0.6) is 0 Å². The lowest BCUT2D eigenvalue weighted by molar-refractivity contribution is 0.0771. The van der Waals surface area contributed by atoms with Gasteiger partial charge in [0, 0.05) is 23.9 Å². The highest BCUT2D eigenvalue weighted by atomic mass is 79.9. The lowest BCUT2D eigenvalue weighted by Crippen LogP contribution is -2.25. The second kappa shape index (κ2) is 5.03. The monoisotopic (exact) mass is 370 g/mol. The highest BCUT2D eigenvalue weighted by Crippen LogP contribution is 2.36. The zero-order chi connectivity index (χ0) is 16.1. The van der Waals surface area contributed by atoms with Gasteiger partial charge in [0.1, 0.15) is 5.58 Å². The zero-order valence-corrected chi connectivity index (χ0v) is 13.7. The molecule has 1 aromatic carbocycles. The van der Waals surface area contributed by atoms with Crippen LogP contribution in [0.15, 0.2) is 56.4 Å². The van der Waals surface area contributed by atoms with Crippen molar-refractivity contribution in [3.8, 4) is 0 Å². The van der Waals surface area contributed by atoms with E-state index in [1.807, 2.05) is 0 Å². The summed E-state index contributed by atoms with van der Waals surface area (Å²) in [6.07, 6.45) is 3.29. The topological polar surface area (TPSA) is 63.4 Å². The minimum Gasteiger partial charge on any atom is -0.450 e. The number of nitrogens with zero attached hydrogens (tertiary/aromatic N) is 2. The molecule has 4 rings (SSSR count). The fraction of sp³-hybridized carbons (Fsp3) is 0.118. The van der Waals surface area contributed by atoms with Crippen molar-refractivity contribution in [2.45, 2.75) is 6.04 Å². The van der Waals surface area contributed by atoms with Crippen LogP contribution in [-0.4, -0.2) is 22.8 Å². The number of carbonyl (C=O) groups excluding carboxylic acids is 1. The number of benzene rings is 1. The third-order valence-corrected chi connectivity index (χ3v) is 4.58. The number of carbonyl (C=O) groups is 1. The maximum absolute atomic E-state index is 13.0. The van der Waals surface area contributed by atoms with Gasteiger partial charge in [-0.15, -0.1) is 0 Å². The smallest absolute Gasteiger partial charge is 0.290 e. The summed E-state index contributed by atoms with van der Waals surface area (Å²) >= 11 is 3.36. The normalized spacial score (nSPS) is 16.9. The molecule has 23 heavy (non-hydrogen) atoms. The fourth-order valence-electron chi connectivity index (χ4n) is 3.00. The van der Waals surface area contributed by atoms with Gasteiger partial charge in [0.15, 0.2) is 5.43 Å². The van der Waals surface area contributed by atoms with E-state index in [2.05, 4.69) is 20.9 Å². The Bertz CT molecular complexity index is 998. The van der Waals surface area contributed by atoms with Crippen molar-refractivity contribution in [2.75, 3.05) is 7.05 Å². The summed E-state index contributed by atoms with van der Waals surface area (Å²) in [6, 6.07) is 8.32. The minimum atomic E-state index is -0.458. The molecule has 1 aliphatic rings. The Morgan fingerprint density at radius 1 is 1.17 bits per heavy atom. The molecule has 0 N–H and O–H groups in total. The Labute approximate surface area is 139 Å². The maximum Gasteiger partial charge on any atom is 0.290 e. The zero-order valence-electron chi connectivity index (χ0n) is 12.1. The van der Waals surface area contributed by atoms with Crippen LogP contribution >= 0.6 is 15.9 Å². The largest absolute Gasteiger partial charge is 0.450 e. The Morgan fingerprint density at radius 2 is 1.91 bits per heavy atom. The van der Waals surface area contributed by atoms with Gasteiger partial charge in [-0.3, -0.25) is 14.6 Å². The van der Waals surface area contributed by atoms with Crippen molar-refractivity contribution >= 4 is 32.8 Å². The molecule has 0 saturated heterocycles. The van der Waals surface area contributed by atoms with E-state index in [0.717, 1.165) is 10.0 Å². The van der Waals surface area contributed by atoms with Crippen molar-refractivity contribution in [3.63, 3.8) is 0 Å². The van der Waals surface area contributed by atoms with Crippen LogP contribution in [0, 0.1) is 0 Å². The van der Waals surface area contributed by atoms with Crippen molar-refractivity contribution in [1.29, 1.82) is 0 Å². The Hall–Kier alpha value is -2.47. The summed E-state index contributed by atoms with van der Waals surface area (Å²) in [5.74, 6) is -0.169. The number of amides is 1. The lowest BCUT2D eigenvalue weighted by Gasteiger charge is -2.19. The summed E-state index contributed by atoms with van der Waals surface area (Å²) in [4.78, 5) is 31.0. The molecule has 114 valence electrons. The highest BCUT2D eigenvalue weighted by molar-refractivity contribution is 9.10. The van der Waals surface area contributed by atoms with Crippen LogP contribution in [-0.2, 0) is 0 Å². The van der Waals surface area contributed by atoms with Gasteiger partial charge in [0.25, 0.3) is 5.91 Å². The Kier molecular flexibility index (Phi) is 3.09. The van der Waals surface area contributed by atoms with Crippen molar-refractivity contribution in [2.24, 2.45) is 0 Å². The Balaban J connectivity index is 2.06. The van der Waals surface area contributed by atoms with Crippen LogP contribution < -0.4 is 5.43 Å². The summed E-state index contributed by atoms with van der Waals surface area (Å²) in [5, 5.41) is 0.459. The van der Waals surface area contributed by atoms with E-state index >= 15 is 0 Å². The number of pyridine rings is 1. The van der Waals surface area contributed by atoms with Crippen LogP contribution in [0.3, 0.4) is 0 Å². The van der Waals surface area contributed by atoms with E-state index in [-0.39, 0.29) is 17.1 Å². The van der Waals surface area contributed by atoms with Gasteiger partial charge in [-0.25, -0.2) is 0 Å². The van der Waals surface area contributed by atoms with Gasteiger partial charge >= 0.3 is 0 Å². The second-order valence-corrected chi connectivity index (χ2v) is 6.33. The molecule has 6 heteroatoms. The van der Waals surface area contributed by atoms with Gasteiger partial charge in [0.2, 0.25) is 5.76 Å². The van der Waals surface area contributed by atoms with E-state index in [4.69, 9.17) is 4.42 Å². The van der Waals surface area contributed by atoms with Gasteiger partial charge in [-0.2, -0.15) is 0 Å². The summed E-state index contributed by atoms with van der Waals surface area (Å²) in [6.45, 7) is 0. The molecule has 3 aromatic rings. The maximum atomic E-state index is 13.0. The van der Waals surface area contributed by atoms with Gasteiger partial charge in [-0.1, -0.05) is 15.9 Å². The average molecular weight is 371 g/mol. The van der Waals surface area contributed by atoms with E-state index in [1.165, 1.54) is 4.90 Å². The summed E-state index contributed by atoms with van der Waals surface area (Å²) in [7, 11) is 1.67. The molecular weight excluding hydrogens is 360 g/mol. The molecular formula is C17H11BrN2O3. The number of aromatic nitrogens is 1. The van der Waals surface area contributed by atoms with Crippen molar-refractivity contribution in [3.05, 3.63) is 74.3 Å². The molecule has 0 bridgehead atoms. The molecule has 0 unspecified atom stereocenters. The third-order valence-electron chi connectivity index (χ3n) is 4.08. The molecule has 1 atom stereocenters. The first-order valence-corrected chi connectivity index (χ1v) is 7.80. The quantitative estimate of drug-likeness (QED) is 0.660. The molecule has 5 nitrogen and oxygen atoms in total. The highest BCUT2D eigenvalue weighted by Gasteiger charge is 2.40. The van der Waals surface area contributed by atoms with Crippen LogP contribution in [0.25, 0.3) is 11.0 Å². The average Bonchev–Trinajstić information content (AvgIpc) is 2.81. The second-order valence-electron chi connectivity index (χ2n) is 5.41. The van der Waals surface area contributed by atoms with Crippen LogP contribution in [0.2, 0.25) is 0 Å². The molecule has 0 saturated carbocycles. The predicted octanol–water partition coefficient (Wildman–Crippen LogP) is 3.13. The fourth-order valence-corrected chi connectivity index (χ4v) is 3.36. The van der Waals surface area contributed by atoms with Crippen molar-refractivity contribution in [1.82, 2.24) is 9.88 Å². The first-order valence-electron chi connectivity index (χ1n) is 7.01. The number of hydrogen-bond acceptors (Lipinski definition) is 4. The van der Waals surface area contributed by atoms with Gasteiger partial charge < -0.3 is 9.32 Å². The number of rotatable bonds is 1. The van der Waals surface area contributed by atoms with E-state index in [9.17, 15) is 9.59 Å². The molecule has 0 aliphatic carbocycles. The molecule has 0 fully saturated rings. The molecule has 1 amide bonds. The summed E-state index contributed by atoms with van der Waals surface area (Å²) in [5.41, 5.74) is 1.45. The van der Waals surface area contributed by atoms with Crippen LogP contribution in [0.4, 0.5) is 0 Å². The number of halogens is 1. The van der Waals surface area contributed by atoms with Gasteiger partial charge in [0.05, 0.1) is 17.0 Å². The van der Waals surface area contributed by atoms with E-state index in [0.29, 0.717) is 16.5 Å². The summed E-state index contributed by atoms with van der Waals surface area (Å²) < 4.78 is 6.53. The molecule has 1 aliphatic heterocycles. The Morgan fingerprint density at radius 3 is 2.65 bits per heavy atom. The minimum absolute atomic E-state index is 0.120. The number of fused-ring (bicyclic) bond motifs is 2. The predicted molar refractivity (Wildman–Crippen MR) is 88.4 cm³/mol. The standard InChI is InChI=1S/C17H11BrN2O3/c1-20-14(9-4-6-19-7-5-9)13-15(21)11-8-10(18)2-3-12(11)23-16(13)17(20)22/h2-8,14H,1H3/t14-/m0/s1. The first-order chi connectivity index (χ1) is 11.1. The molecule has 0 radical (unpaired) electrons. The van der Waals surface area contributed by atoms with Crippen LogP contribution in [0.1, 0.15) is 27.7 Å². The van der Waals surface area contributed by atoms with Crippen molar-refractivity contribution < 1.29 is 9.21 Å². The SMILES string of the molecule is CN1C(=O)c2oc3ccc(Br)cc3c(=O)c2[C@@H]1c1ccncc1. The lowest BCUT2D eigenvalue weighted by atomic mass is 10.00. The molecule has 2 aromatic heterocycles. The van der Waals surface area contributed by atoms with Gasteiger partial charge in [-0.05, 0) is 35.9 Å². The number of hydrogen-bond donors (Lipinski definition) is 0. The first kappa shape index (κ1) is 14.1. The third kappa shape index (κ3) is 2.02. The van der Waals surface area contributed by atoms with E-state index in [1.54, 1.807) is 49.8 Å².